The number of hydrogen-bond acceptors (Lipinski definition) is 3. The Morgan fingerprint density at radius 2 is 1.57 bits per heavy atom. The highest BCUT2D eigenvalue weighted by molar-refractivity contribution is 7.89. The van der Waals surface area contributed by atoms with E-state index in [0.29, 0.717) is 22.4 Å². The Labute approximate surface area is 179 Å². The van der Waals surface area contributed by atoms with Crippen LogP contribution in [0.4, 0.5) is 0 Å². The molecule has 0 aliphatic heterocycles. The highest BCUT2D eigenvalue weighted by Crippen LogP contribution is 2.33. The number of sulfonamides is 1. The highest BCUT2D eigenvalue weighted by atomic mass is 32.2. The van der Waals surface area contributed by atoms with E-state index in [1.54, 1.807) is 31.3 Å². The molecule has 5 nitrogen and oxygen atoms in total. The van der Waals surface area contributed by atoms with Crippen LogP contribution in [0.5, 0.6) is 0 Å². The molecule has 6 heteroatoms. The molecular formula is C24H30N2O3S. The van der Waals surface area contributed by atoms with Gasteiger partial charge >= 0.3 is 0 Å². The second-order valence-electron chi connectivity index (χ2n) is 8.61. The molecule has 2 aromatic carbocycles. The van der Waals surface area contributed by atoms with Gasteiger partial charge in [0.05, 0.1) is 4.90 Å². The third kappa shape index (κ3) is 4.93. The summed E-state index contributed by atoms with van der Waals surface area (Å²) in [5, 5.41) is 2.96. The number of benzene rings is 2. The Balaban J connectivity index is 1.40. The lowest BCUT2D eigenvalue weighted by Gasteiger charge is -2.22. The zero-order valence-corrected chi connectivity index (χ0v) is 18.3. The van der Waals surface area contributed by atoms with Crippen LogP contribution in [0.1, 0.15) is 72.3 Å². The second-order valence-corrected chi connectivity index (χ2v) is 10.7. The summed E-state index contributed by atoms with van der Waals surface area (Å²) in [5.74, 6) is 0.493. The van der Waals surface area contributed by atoms with Crippen molar-refractivity contribution in [3.05, 3.63) is 65.2 Å². The predicted molar refractivity (Wildman–Crippen MR) is 118 cm³/mol. The molecule has 0 atom stereocenters. The van der Waals surface area contributed by atoms with Crippen molar-refractivity contribution in [2.24, 2.45) is 0 Å². The Bertz CT molecular complexity index is 974. The summed E-state index contributed by atoms with van der Waals surface area (Å²) in [6.07, 6.45) is 8.31. The van der Waals surface area contributed by atoms with Gasteiger partial charge in [-0.05, 0) is 67.0 Å². The quantitative estimate of drug-likeness (QED) is 0.711. The van der Waals surface area contributed by atoms with E-state index in [9.17, 15) is 13.2 Å². The van der Waals surface area contributed by atoms with Crippen LogP contribution in [0, 0.1) is 0 Å². The van der Waals surface area contributed by atoms with E-state index in [-0.39, 0.29) is 12.5 Å². The summed E-state index contributed by atoms with van der Waals surface area (Å²) in [6, 6.07) is 14.9. The van der Waals surface area contributed by atoms with E-state index in [1.807, 2.05) is 24.3 Å². The number of nitrogens with zero attached hydrogens (tertiary/aromatic N) is 1. The molecule has 30 heavy (non-hydrogen) atoms. The van der Waals surface area contributed by atoms with Crippen molar-refractivity contribution in [2.75, 3.05) is 7.05 Å². The van der Waals surface area contributed by atoms with Gasteiger partial charge in [0.2, 0.25) is 10.0 Å². The minimum Gasteiger partial charge on any atom is -0.349 e. The first-order chi connectivity index (χ1) is 14.4. The van der Waals surface area contributed by atoms with Crippen LogP contribution < -0.4 is 5.32 Å². The SMILES string of the molecule is CN(Cc1ccc(C(=O)NC2CC2)cc1)S(=O)(=O)c1ccc(C2CCCCC2)cc1. The Morgan fingerprint density at radius 3 is 2.17 bits per heavy atom. The number of carbonyl (C=O) groups is 1. The largest absolute Gasteiger partial charge is 0.349 e. The van der Waals surface area contributed by atoms with Gasteiger partial charge < -0.3 is 5.32 Å². The third-order valence-electron chi connectivity index (χ3n) is 6.20. The van der Waals surface area contributed by atoms with E-state index >= 15 is 0 Å². The average Bonchev–Trinajstić information content (AvgIpc) is 3.59. The molecule has 0 heterocycles. The third-order valence-corrected chi connectivity index (χ3v) is 8.02. The molecule has 4 rings (SSSR count). The van der Waals surface area contributed by atoms with Gasteiger partial charge in [-0.25, -0.2) is 8.42 Å². The molecule has 1 amide bonds. The summed E-state index contributed by atoms with van der Waals surface area (Å²) < 4.78 is 27.3. The molecule has 0 bridgehead atoms. The second kappa shape index (κ2) is 8.90. The van der Waals surface area contributed by atoms with Crippen molar-refractivity contribution in [3.63, 3.8) is 0 Å². The summed E-state index contributed by atoms with van der Waals surface area (Å²) in [4.78, 5) is 12.4. The molecule has 2 aliphatic rings. The van der Waals surface area contributed by atoms with Crippen LogP contribution in [0.2, 0.25) is 0 Å². The number of nitrogens with one attached hydrogen (secondary N) is 1. The van der Waals surface area contributed by atoms with Gasteiger partial charge in [0.15, 0.2) is 0 Å². The lowest BCUT2D eigenvalue weighted by molar-refractivity contribution is 0.0951. The maximum atomic E-state index is 13.0. The van der Waals surface area contributed by atoms with Gasteiger partial charge in [0.1, 0.15) is 0 Å². The summed E-state index contributed by atoms with van der Waals surface area (Å²) >= 11 is 0. The number of carbonyl (C=O) groups excluding carboxylic acids is 1. The maximum absolute atomic E-state index is 13.0. The molecule has 0 aromatic heterocycles. The fourth-order valence-electron chi connectivity index (χ4n) is 4.13. The van der Waals surface area contributed by atoms with E-state index in [1.165, 1.54) is 42.0 Å². The Kier molecular flexibility index (Phi) is 6.25. The number of rotatable bonds is 7. The van der Waals surface area contributed by atoms with Crippen molar-refractivity contribution in [1.29, 1.82) is 0 Å². The van der Waals surface area contributed by atoms with Gasteiger partial charge in [-0.1, -0.05) is 43.5 Å². The normalized spacial score (nSPS) is 17.8. The van der Waals surface area contributed by atoms with Crippen molar-refractivity contribution < 1.29 is 13.2 Å². The van der Waals surface area contributed by atoms with Crippen molar-refractivity contribution in [3.8, 4) is 0 Å². The van der Waals surface area contributed by atoms with Crippen LogP contribution in [0.15, 0.2) is 53.4 Å². The zero-order chi connectivity index (χ0) is 21.1. The average molecular weight is 427 g/mol. The van der Waals surface area contributed by atoms with Gasteiger partial charge in [-0.2, -0.15) is 4.31 Å². The molecular weight excluding hydrogens is 396 g/mol. The molecule has 0 unspecified atom stereocenters. The van der Waals surface area contributed by atoms with Crippen LogP contribution in [0.3, 0.4) is 0 Å². The van der Waals surface area contributed by atoms with Crippen LogP contribution in [0.25, 0.3) is 0 Å². The zero-order valence-electron chi connectivity index (χ0n) is 17.5. The van der Waals surface area contributed by atoms with Gasteiger partial charge in [-0.3, -0.25) is 4.79 Å². The molecule has 2 fully saturated rings. The fraction of sp³-hybridized carbons (Fsp3) is 0.458. The minimum absolute atomic E-state index is 0.0666. The molecule has 0 radical (unpaired) electrons. The first-order valence-electron chi connectivity index (χ1n) is 10.9. The number of amides is 1. The number of hydrogen-bond donors (Lipinski definition) is 1. The standard InChI is InChI=1S/C24H30N2O3S/c1-26(17-18-7-9-21(10-8-18)24(27)25-22-13-14-22)30(28,29)23-15-11-20(12-16-23)19-5-3-2-4-6-19/h7-12,15-16,19,22H,2-6,13-14,17H2,1H3,(H,25,27). The molecule has 0 saturated heterocycles. The molecule has 1 N–H and O–H groups in total. The Morgan fingerprint density at radius 1 is 0.933 bits per heavy atom. The minimum atomic E-state index is -3.56. The van der Waals surface area contributed by atoms with E-state index < -0.39 is 10.0 Å². The van der Waals surface area contributed by atoms with Gasteiger partial charge in [0, 0.05) is 25.2 Å². The van der Waals surface area contributed by atoms with Crippen LogP contribution in [-0.2, 0) is 16.6 Å². The van der Waals surface area contributed by atoms with Gasteiger partial charge in [-0.15, -0.1) is 0 Å². The van der Waals surface area contributed by atoms with E-state index in [2.05, 4.69) is 5.32 Å². The monoisotopic (exact) mass is 426 g/mol. The molecule has 0 spiro atoms. The van der Waals surface area contributed by atoms with Crippen molar-refractivity contribution in [2.45, 2.75) is 68.3 Å². The smallest absolute Gasteiger partial charge is 0.251 e. The first-order valence-corrected chi connectivity index (χ1v) is 12.3. The molecule has 160 valence electrons. The summed E-state index contributed by atoms with van der Waals surface area (Å²) in [5.41, 5.74) is 2.70. The van der Waals surface area contributed by atoms with E-state index in [0.717, 1.165) is 18.4 Å². The summed E-state index contributed by atoms with van der Waals surface area (Å²) in [7, 11) is -1.97. The highest BCUT2D eigenvalue weighted by Gasteiger charge is 2.24. The van der Waals surface area contributed by atoms with Crippen LogP contribution in [-0.4, -0.2) is 31.7 Å². The Hall–Kier alpha value is -2.18. The van der Waals surface area contributed by atoms with Gasteiger partial charge in [0.25, 0.3) is 5.91 Å². The molecule has 2 aliphatic carbocycles. The summed E-state index contributed by atoms with van der Waals surface area (Å²) in [6.45, 7) is 0.261. The first kappa shape index (κ1) is 21.1. The van der Waals surface area contributed by atoms with Crippen molar-refractivity contribution >= 4 is 15.9 Å². The predicted octanol–water partition coefficient (Wildman–Crippen LogP) is 4.45. The van der Waals surface area contributed by atoms with Crippen LogP contribution >= 0.6 is 0 Å². The maximum Gasteiger partial charge on any atom is 0.251 e. The lowest BCUT2D eigenvalue weighted by Crippen LogP contribution is -2.27. The lowest BCUT2D eigenvalue weighted by atomic mass is 9.84. The van der Waals surface area contributed by atoms with E-state index in [4.69, 9.17) is 0 Å². The topological polar surface area (TPSA) is 66.5 Å². The molecule has 2 aromatic rings. The van der Waals surface area contributed by atoms with Crippen molar-refractivity contribution in [1.82, 2.24) is 9.62 Å². The fourth-order valence-corrected chi connectivity index (χ4v) is 5.29. The molecule has 2 saturated carbocycles.